The molecular formula is C28H31N3O5. The van der Waals surface area contributed by atoms with Crippen LogP contribution >= 0.6 is 0 Å². The number of aromatic nitrogens is 1. The van der Waals surface area contributed by atoms with Crippen LogP contribution in [0.1, 0.15) is 65.3 Å². The zero-order valence-corrected chi connectivity index (χ0v) is 20.4. The molecule has 2 atom stereocenters. The van der Waals surface area contributed by atoms with E-state index in [1.165, 1.54) is 11.8 Å². The van der Waals surface area contributed by atoms with Crippen LogP contribution in [0.2, 0.25) is 0 Å². The lowest BCUT2D eigenvalue weighted by molar-refractivity contribution is -0.132. The molecule has 2 unspecified atom stereocenters. The number of ether oxygens (including phenoxy) is 2. The molecule has 0 spiro atoms. The lowest BCUT2D eigenvalue weighted by atomic mass is 9.87. The third-order valence-electron chi connectivity index (χ3n) is 6.74. The second kappa shape index (κ2) is 11.0. The number of carbonyl (C=O) groups is 2. The molecule has 2 aromatic carbocycles. The summed E-state index contributed by atoms with van der Waals surface area (Å²) in [4.78, 5) is 31.4. The summed E-state index contributed by atoms with van der Waals surface area (Å²) in [5.74, 6) is 0.812. The maximum Gasteiger partial charge on any atom is 0.273 e. The molecule has 8 nitrogen and oxygen atoms in total. The minimum atomic E-state index is -0.291. The van der Waals surface area contributed by atoms with Gasteiger partial charge >= 0.3 is 0 Å². The van der Waals surface area contributed by atoms with Gasteiger partial charge in [-0.05, 0) is 48.1 Å². The summed E-state index contributed by atoms with van der Waals surface area (Å²) in [6.45, 7) is 3.88. The first-order valence-corrected chi connectivity index (χ1v) is 12.6. The number of rotatable bonds is 8. The van der Waals surface area contributed by atoms with Crippen molar-refractivity contribution >= 4 is 11.8 Å². The highest BCUT2D eigenvalue weighted by atomic mass is 16.5. The van der Waals surface area contributed by atoms with Crippen molar-refractivity contribution in [2.75, 3.05) is 19.7 Å². The van der Waals surface area contributed by atoms with Crippen LogP contribution in [-0.4, -0.2) is 47.5 Å². The van der Waals surface area contributed by atoms with Crippen LogP contribution in [0.25, 0.3) is 0 Å². The summed E-state index contributed by atoms with van der Waals surface area (Å²) in [6, 6.07) is 15.9. The lowest BCUT2D eigenvalue weighted by Crippen LogP contribution is -2.40. The van der Waals surface area contributed by atoms with Crippen molar-refractivity contribution in [3.63, 3.8) is 0 Å². The van der Waals surface area contributed by atoms with Gasteiger partial charge in [-0.15, -0.1) is 0 Å². The van der Waals surface area contributed by atoms with Crippen molar-refractivity contribution in [2.45, 2.75) is 51.4 Å². The largest absolute Gasteiger partial charge is 0.484 e. The van der Waals surface area contributed by atoms with Crippen molar-refractivity contribution in [2.24, 2.45) is 0 Å². The summed E-state index contributed by atoms with van der Waals surface area (Å²) in [6.07, 6.45) is 4.64. The smallest absolute Gasteiger partial charge is 0.273 e. The van der Waals surface area contributed by atoms with E-state index in [0.29, 0.717) is 31.2 Å². The molecule has 5 rings (SSSR count). The second-order valence-electron chi connectivity index (χ2n) is 9.12. The molecule has 0 bridgehead atoms. The molecule has 8 heteroatoms. The minimum absolute atomic E-state index is 0.0657. The molecule has 1 saturated heterocycles. The summed E-state index contributed by atoms with van der Waals surface area (Å²) in [5.41, 5.74) is 3.56. The number of hydrogen-bond acceptors (Lipinski definition) is 6. The molecular weight excluding hydrogens is 458 g/mol. The lowest BCUT2D eigenvalue weighted by Gasteiger charge is -2.38. The molecule has 0 saturated carbocycles. The minimum Gasteiger partial charge on any atom is -0.484 e. The molecule has 2 amide bonds. The maximum atomic E-state index is 12.8. The zero-order chi connectivity index (χ0) is 24.9. The number of carbonyl (C=O) groups excluding carboxylic acids is 2. The predicted octanol–water partition coefficient (Wildman–Crippen LogP) is 4.05. The Bertz CT molecular complexity index is 1200. The summed E-state index contributed by atoms with van der Waals surface area (Å²) in [7, 11) is 0. The Morgan fingerprint density at radius 1 is 1.19 bits per heavy atom. The highest BCUT2D eigenvalue weighted by Crippen LogP contribution is 2.37. The summed E-state index contributed by atoms with van der Waals surface area (Å²) in [5, 5.41) is 2.84. The normalized spacial score (nSPS) is 19.1. The average Bonchev–Trinajstić information content (AvgIpc) is 3.62. The quantitative estimate of drug-likeness (QED) is 0.513. The average molecular weight is 490 g/mol. The second-order valence-corrected chi connectivity index (χ2v) is 9.12. The van der Waals surface area contributed by atoms with Gasteiger partial charge in [0, 0.05) is 26.1 Å². The standard InChI is InChI=1S/C28H31N3O5/c1-2-26(32)31-13-12-19-10-11-21(15-23(19)27(31)20-7-4-3-5-8-20)35-18-25-30-24(17-36-25)28(33)29-16-22-9-6-14-34-22/h3-5,7-8,10-11,15,17,22,27H,2,6,9,12-14,16,18H2,1H3,(H,29,33). The first-order chi connectivity index (χ1) is 17.6. The molecule has 0 radical (unpaired) electrons. The van der Waals surface area contributed by atoms with Crippen LogP contribution in [0.4, 0.5) is 0 Å². The van der Waals surface area contributed by atoms with E-state index >= 15 is 0 Å². The number of nitrogens with zero attached hydrogens (tertiary/aromatic N) is 2. The van der Waals surface area contributed by atoms with Crippen molar-refractivity contribution < 1.29 is 23.5 Å². The van der Waals surface area contributed by atoms with Gasteiger partial charge in [0.15, 0.2) is 12.3 Å². The molecule has 0 aliphatic carbocycles. The summed E-state index contributed by atoms with van der Waals surface area (Å²) < 4.78 is 17.0. The van der Waals surface area contributed by atoms with Crippen LogP contribution in [0.3, 0.4) is 0 Å². The van der Waals surface area contributed by atoms with E-state index in [1.54, 1.807) is 0 Å². The van der Waals surface area contributed by atoms with E-state index in [2.05, 4.69) is 28.5 Å². The van der Waals surface area contributed by atoms with Crippen molar-refractivity contribution in [3.05, 3.63) is 83.1 Å². The maximum absolute atomic E-state index is 12.8. The number of hydrogen-bond donors (Lipinski definition) is 1. The van der Waals surface area contributed by atoms with Gasteiger partial charge < -0.3 is 24.1 Å². The van der Waals surface area contributed by atoms with Gasteiger partial charge in [-0.1, -0.05) is 43.3 Å². The molecule has 36 heavy (non-hydrogen) atoms. The van der Waals surface area contributed by atoms with E-state index in [1.807, 2.05) is 42.2 Å². The van der Waals surface area contributed by atoms with Crippen LogP contribution < -0.4 is 10.1 Å². The number of oxazole rings is 1. The van der Waals surface area contributed by atoms with E-state index in [9.17, 15) is 9.59 Å². The van der Waals surface area contributed by atoms with E-state index < -0.39 is 0 Å². The Hall–Kier alpha value is -3.65. The highest BCUT2D eigenvalue weighted by molar-refractivity contribution is 5.91. The van der Waals surface area contributed by atoms with Gasteiger partial charge in [0.2, 0.25) is 11.8 Å². The van der Waals surface area contributed by atoms with E-state index in [0.717, 1.165) is 37.0 Å². The fourth-order valence-electron chi connectivity index (χ4n) is 4.88. The molecule has 2 aliphatic heterocycles. The third-order valence-corrected chi connectivity index (χ3v) is 6.74. The van der Waals surface area contributed by atoms with Gasteiger partial charge in [0.05, 0.1) is 12.1 Å². The van der Waals surface area contributed by atoms with Gasteiger partial charge in [-0.25, -0.2) is 4.98 Å². The van der Waals surface area contributed by atoms with Crippen molar-refractivity contribution in [1.82, 2.24) is 15.2 Å². The topological polar surface area (TPSA) is 93.9 Å². The van der Waals surface area contributed by atoms with Crippen molar-refractivity contribution in [1.29, 1.82) is 0 Å². The Kier molecular flexibility index (Phi) is 7.32. The molecule has 188 valence electrons. The van der Waals surface area contributed by atoms with Crippen LogP contribution in [0.5, 0.6) is 5.75 Å². The van der Waals surface area contributed by atoms with Gasteiger partial charge in [-0.2, -0.15) is 0 Å². The number of fused-ring (bicyclic) bond motifs is 1. The molecule has 3 aromatic rings. The Balaban J connectivity index is 1.28. The molecule has 2 aliphatic rings. The first kappa shape index (κ1) is 24.1. The fourth-order valence-corrected chi connectivity index (χ4v) is 4.88. The Labute approximate surface area is 210 Å². The number of benzene rings is 2. The monoisotopic (exact) mass is 489 g/mol. The third kappa shape index (κ3) is 5.28. The van der Waals surface area contributed by atoms with Crippen LogP contribution in [0, 0.1) is 0 Å². The molecule has 1 N–H and O–H groups in total. The van der Waals surface area contributed by atoms with Gasteiger partial charge in [-0.3, -0.25) is 9.59 Å². The Morgan fingerprint density at radius 3 is 2.83 bits per heavy atom. The zero-order valence-electron chi connectivity index (χ0n) is 20.4. The SMILES string of the molecule is CCC(=O)N1CCc2ccc(OCc3nc(C(=O)NCC4CCCO4)co3)cc2C1c1ccccc1. The van der Waals surface area contributed by atoms with Crippen molar-refractivity contribution in [3.8, 4) is 5.75 Å². The Morgan fingerprint density at radius 2 is 2.06 bits per heavy atom. The first-order valence-electron chi connectivity index (χ1n) is 12.6. The summed E-state index contributed by atoms with van der Waals surface area (Å²) >= 11 is 0. The molecule has 1 aromatic heterocycles. The number of nitrogens with one attached hydrogen (secondary N) is 1. The fraction of sp³-hybridized carbons (Fsp3) is 0.393. The van der Waals surface area contributed by atoms with Crippen LogP contribution in [-0.2, 0) is 22.6 Å². The highest BCUT2D eigenvalue weighted by Gasteiger charge is 2.31. The number of amides is 2. The van der Waals surface area contributed by atoms with Gasteiger partial charge in [0.25, 0.3) is 5.91 Å². The van der Waals surface area contributed by atoms with E-state index in [4.69, 9.17) is 13.9 Å². The molecule has 3 heterocycles. The van der Waals surface area contributed by atoms with Crippen LogP contribution in [0.15, 0.2) is 59.2 Å². The van der Waals surface area contributed by atoms with E-state index in [-0.39, 0.29) is 36.3 Å². The molecule has 1 fully saturated rings. The predicted molar refractivity (Wildman–Crippen MR) is 133 cm³/mol. The van der Waals surface area contributed by atoms with Gasteiger partial charge in [0.1, 0.15) is 12.0 Å².